The second kappa shape index (κ2) is 8.99. The first kappa shape index (κ1) is 22.4. The van der Waals surface area contributed by atoms with E-state index in [2.05, 4.69) is 20.0 Å². The van der Waals surface area contributed by atoms with Crippen molar-refractivity contribution in [1.82, 2.24) is 10.1 Å². The smallest absolute Gasteiger partial charge is 0.456 e. The number of aromatic nitrogens is 2. The van der Waals surface area contributed by atoms with Crippen molar-refractivity contribution in [2.24, 2.45) is 0 Å². The molecule has 0 aliphatic heterocycles. The van der Waals surface area contributed by atoms with E-state index in [9.17, 15) is 17.6 Å². The van der Waals surface area contributed by atoms with Gasteiger partial charge < -0.3 is 20.3 Å². The summed E-state index contributed by atoms with van der Waals surface area (Å²) >= 11 is 6.32. The molecule has 0 saturated heterocycles. The van der Waals surface area contributed by atoms with Crippen LogP contribution in [0.1, 0.15) is 11.5 Å². The predicted molar refractivity (Wildman–Crippen MR) is 114 cm³/mol. The molecule has 0 fully saturated rings. The fourth-order valence-electron chi connectivity index (χ4n) is 2.86. The largest absolute Gasteiger partial charge is 0.471 e. The Labute approximate surface area is 189 Å². The van der Waals surface area contributed by atoms with E-state index < -0.39 is 12.1 Å². The maximum absolute atomic E-state index is 13.0. The lowest BCUT2D eigenvalue weighted by Crippen LogP contribution is -2.05. The number of ether oxygens (including phenoxy) is 1. The van der Waals surface area contributed by atoms with Gasteiger partial charge in [-0.2, -0.15) is 18.2 Å². The minimum atomic E-state index is -4.70. The second-order valence-electron chi connectivity index (χ2n) is 6.87. The fraction of sp³-hybridized carbons (Fsp3) is 0.0909. The Kier molecular flexibility index (Phi) is 6.10. The Hall–Kier alpha value is -3.79. The fourth-order valence-corrected chi connectivity index (χ4v) is 3.06. The van der Waals surface area contributed by atoms with Crippen LogP contribution in [-0.2, 0) is 12.7 Å². The summed E-state index contributed by atoms with van der Waals surface area (Å²) in [6.07, 6.45) is -4.70. The number of hydrogen-bond acceptors (Lipinski definition) is 6. The molecular formula is C22H15ClF4N4O2. The van der Waals surface area contributed by atoms with E-state index in [0.29, 0.717) is 29.3 Å². The van der Waals surface area contributed by atoms with Gasteiger partial charge in [0.15, 0.2) is 0 Å². The van der Waals surface area contributed by atoms with Crippen LogP contribution < -0.4 is 15.8 Å². The Morgan fingerprint density at radius 1 is 1.00 bits per heavy atom. The maximum atomic E-state index is 13.0. The summed E-state index contributed by atoms with van der Waals surface area (Å²) < 4.78 is 60.7. The summed E-state index contributed by atoms with van der Waals surface area (Å²) in [4.78, 5) is 3.36. The third-order valence-electron chi connectivity index (χ3n) is 4.55. The molecule has 1 aromatic heterocycles. The van der Waals surface area contributed by atoms with Crippen LogP contribution in [0, 0.1) is 5.82 Å². The first-order valence-electron chi connectivity index (χ1n) is 9.46. The molecule has 0 saturated carbocycles. The summed E-state index contributed by atoms with van der Waals surface area (Å²) in [6, 6.07) is 15.4. The van der Waals surface area contributed by atoms with Crippen molar-refractivity contribution in [2.75, 3.05) is 11.1 Å². The first-order chi connectivity index (χ1) is 15.7. The number of hydrogen-bond donors (Lipinski definition) is 2. The molecule has 0 unspecified atom stereocenters. The van der Waals surface area contributed by atoms with E-state index in [1.807, 2.05) is 0 Å². The standard InChI is InChI=1S/C22H15ClF4N4O2/c23-18-17(32-15-7-5-14(24)6-8-15)10-9-16(19(18)28)29-11-12-1-3-13(4-2-12)20-30-21(33-31-20)22(25,26)27/h1-10,29H,11,28H2. The third kappa shape index (κ3) is 5.17. The van der Waals surface area contributed by atoms with Gasteiger partial charge in [0, 0.05) is 12.1 Å². The molecule has 0 amide bonds. The normalized spacial score (nSPS) is 11.4. The molecule has 0 atom stereocenters. The first-order valence-corrected chi connectivity index (χ1v) is 9.84. The summed E-state index contributed by atoms with van der Waals surface area (Å²) in [5.41, 5.74) is 8.13. The minimum absolute atomic E-state index is 0.158. The van der Waals surface area contributed by atoms with E-state index >= 15 is 0 Å². The molecule has 6 nitrogen and oxygen atoms in total. The number of nitrogen functional groups attached to an aromatic ring is 1. The molecule has 3 aromatic carbocycles. The van der Waals surface area contributed by atoms with Gasteiger partial charge in [0.1, 0.15) is 22.3 Å². The number of rotatable bonds is 6. The van der Waals surface area contributed by atoms with Crippen molar-refractivity contribution in [3.05, 3.63) is 83.0 Å². The lowest BCUT2D eigenvalue weighted by atomic mass is 10.1. The molecule has 4 aromatic rings. The summed E-state index contributed by atoms with van der Waals surface area (Å²) in [5, 5.41) is 6.69. The topological polar surface area (TPSA) is 86.2 Å². The Morgan fingerprint density at radius 2 is 1.70 bits per heavy atom. The highest BCUT2D eigenvalue weighted by atomic mass is 35.5. The van der Waals surface area contributed by atoms with Gasteiger partial charge in [-0.15, -0.1) is 0 Å². The van der Waals surface area contributed by atoms with Crippen molar-refractivity contribution in [1.29, 1.82) is 0 Å². The van der Waals surface area contributed by atoms with Gasteiger partial charge in [-0.25, -0.2) is 4.39 Å². The number of anilines is 2. The Balaban J connectivity index is 1.42. The van der Waals surface area contributed by atoms with Gasteiger partial charge in [0.25, 0.3) is 0 Å². The lowest BCUT2D eigenvalue weighted by molar-refractivity contribution is -0.159. The number of nitrogens with two attached hydrogens (primary N) is 1. The van der Waals surface area contributed by atoms with Crippen molar-refractivity contribution in [3.8, 4) is 22.9 Å². The third-order valence-corrected chi connectivity index (χ3v) is 4.94. The summed E-state index contributed by atoms with van der Waals surface area (Å²) in [5.74, 6) is -1.22. The highest BCUT2D eigenvalue weighted by Gasteiger charge is 2.38. The van der Waals surface area contributed by atoms with Crippen molar-refractivity contribution in [3.63, 3.8) is 0 Å². The molecule has 0 spiro atoms. The number of nitrogens with one attached hydrogen (secondary N) is 1. The van der Waals surface area contributed by atoms with Crippen LogP contribution in [-0.4, -0.2) is 10.1 Å². The van der Waals surface area contributed by atoms with Crippen LogP contribution >= 0.6 is 11.6 Å². The van der Waals surface area contributed by atoms with E-state index in [0.717, 1.165) is 5.56 Å². The summed E-state index contributed by atoms with van der Waals surface area (Å²) in [7, 11) is 0. The van der Waals surface area contributed by atoms with Gasteiger partial charge in [0.05, 0.1) is 11.4 Å². The lowest BCUT2D eigenvalue weighted by Gasteiger charge is -2.14. The highest BCUT2D eigenvalue weighted by Crippen LogP contribution is 2.38. The van der Waals surface area contributed by atoms with Gasteiger partial charge in [0.2, 0.25) is 5.82 Å². The van der Waals surface area contributed by atoms with Gasteiger partial charge >= 0.3 is 12.1 Å². The van der Waals surface area contributed by atoms with Crippen LogP contribution in [0.2, 0.25) is 5.02 Å². The molecule has 4 rings (SSSR count). The number of nitrogens with zero attached hydrogens (tertiary/aromatic N) is 2. The maximum Gasteiger partial charge on any atom is 0.471 e. The Bertz CT molecular complexity index is 1260. The molecule has 1 heterocycles. The predicted octanol–water partition coefficient (Wildman–Crippen LogP) is 6.53. The van der Waals surface area contributed by atoms with Crippen LogP contribution in [0.5, 0.6) is 11.5 Å². The molecule has 0 aliphatic rings. The van der Waals surface area contributed by atoms with Crippen molar-refractivity contribution >= 4 is 23.0 Å². The molecule has 3 N–H and O–H groups in total. The average Bonchev–Trinajstić information content (AvgIpc) is 3.29. The van der Waals surface area contributed by atoms with E-state index in [4.69, 9.17) is 22.1 Å². The summed E-state index contributed by atoms with van der Waals surface area (Å²) in [6.45, 7) is 0.360. The van der Waals surface area contributed by atoms with E-state index in [1.54, 1.807) is 36.4 Å². The van der Waals surface area contributed by atoms with Crippen LogP contribution in [0.4, 0.5) is 28.9 Å². The molecule has 33 heavy (non-hydrogen) atoms. The highest BCUT2D eigenvalue weighted by molar-refractivity contribution is 6.35. The van der Waals surface area contributed by atoms with Crippen LogP contribution in [0.25, 0.3) is 11.4 Å². The van der Waals surface area contributed by atoms with Gasteiger partial charge in [-0.05, 0) is 42.0 Å². The second-order valence-corrected chi connectivity index (χ2v) is 7.24. The van der Waals surface area contributed by atoms with Crippen molar-refractivity contribution < 1.29 is 26.8 Å². The minimum Gasteiger partial charge on any atom is -0.456 e. The average molecular weight is 479 g/mol. The molecule has 170 valence electrons. The zero-order valence-electron chi connectivity index (χ0n) is 16.7. The molecule has 0 bridgehead atoms. The number of benzene rings is 3. The SMILES string of the molecule is Nc1c(NCc2ccc(-c3noc(C(F)(F)F)n3)cc2)ccc(Oc2ccc(F)cc2)c1Cl. The Morgan fingerprint density at radius 3 is 2.33 bits per heavy atom. The van der Waals surface area contributed by atoms with Crippen LogP contribution in [0.3, 0.4) is 0 Å². The number of halogens is 5. The molecule has 0 radical (unpaired) electrons. The molecule has 0 aliphatic carbocycles. The molecule has 11 heteroatoms. The zero-order valence-corrected chi connectivity index (χ0v) is 17.4. The van der Waals surface area contributed by atoms with E-state index in [1.165, 1.54) is 24.3 Å². The van der Waals surface area contributed by atoms with Gasteiger partial charge in [-0.1, -0.05) is 41.0 Å². The quantitative estimate of drug-likeness (QED) is 0.242. The van der Waals surface area contributed by atoms with Gasteiger partial charge in [-0.3, -0.25) is 0 Å². The monoisotopic (exact) mass is 478 g/mol. The number of alkyl halides is 3. The molecular weight excluding hydrogens is 464 g/mol. The van der Waals surface area contributed by atoms with Crippen molar-refractivity contribution in [2.45, 2.75) is 12.7 Å². The van der Waals surface area contributed by atoms with E-state index in [-0.39, 0.29) is 22.4 Å². The van der Waals surface area contributed by atoms with Crippen LogP contribution in [0.15, 0.2) is 65.2 Å². The zero-order chi connectivity index (χ0) is 23.6.